The van der Waals surface area contributed by atoms with Gasteiger partial charge in [0.05, 0.1) is 0 Å². The minimum absolute atomic E-state index is 0.0992. The lowest BCUT2D eigenvalue weighted by molar-refractivity contribution is 0.672. The van der Waals surface area contributed by atoms with Crippen LogP contribution in [0.5, 0.6) is 0 Å². The molecular formula is C18H17NO. The molecule has 0 fully saturated rings. The van der Waals surface area contributed by atoms with E-state index in [1.165, 1.54) is 5.56 Å². The van der Waals surface area contributed by atoms with Crippen LogP contribution in [0, 0.1) is 6.92 Å². The number of benzene rings is 2. The summed E-state index contributed by atoms with van der Waals surface area (Å²) in [6, 6.07) is 18.1. The third kappa shape index (κ3) is 2.37. The molecule has 2 nitrogen and oxygen atoms in total. The maximum atomic E-state index is 12.5. The van der Waals surface area contributed by atoms with Gasteiger partial charge in [0.1, 0.15) is 0 Å². The lowest BCUT2D eigenvalue weighted by atomic mass is 10.1. The van der Waals surface area contributed by atoms with Crippen molar-refractivity contribution in [2.75, 3.05) is 0 Å². The summed E-state index contributed by atoms with van der Waals surface area (Å²) in [7, 11) is 0. The Morgan fingerprint density at radius 2 is 1.55 bits per heavy atom. The molecule has 0 N–H and O–H groups in total. The van der Waals surface area contributed by atoms with Gasteiger partial charge in [0.25, 0.3) is 5.56 Å². The van der Waals surface area contributed by atoms with Gasteiger partial charge in [0.2, 0.25) is 0 Å². The number of aryl methyl sites for hydroxylation is 3. The van der Waals surface area contributed by atoms with Gasteiger partial charge in [0.15, 0.2) is 0 Å². The van der Waals surface area contributed by atoms with Crippen molar-refractivity contribution in [3.8, 4) is 0 Å². The zero-order chi connectivity index (χ0) is 13.9. The summed E-state index contributed by atoms with van der Waals surface area (Å²) in [5.41, 5.74) is 2.50. The normalized spacial score (nSPS) is 10.8. The highest BCUT2D eigenvalue weighted by molar-refractivity contribution is 5.84. The molecule has 0 aliphatic rings. The number of rotatable bonds is 3. The van der Waals surface area contributed by atoms with Crippen LogP contribution in [0.3, 0.4) is 0 Å². The number of aromatic nitrogens is 1. The third-order valence-electron chi connectivity index (χ3n) is 3.68. The average molecular weight is 263 g/mol. The summed E-state index contributed by atoms with van der Waals surface area (Å²) in [4.78, 5) is 12.5. The molecule has 1 heterocycles. The first-order valence-corrected chi connectivity index (χ1v) is 6.88. The van der Waals surface area contributed by atoms with E-state index in [2.05, 4.69) is 19.1 Å². The van der Waals surface area contributed by atoms with E-state index < -0.39 is 0 Å². The highest BCUT2D eigenvalue weighted by Crippen LogP contribution is 2.14. The minimum atomic E-state index is 0.0992. The molecular weight excluding hydrogens is 246 g/mol. The zero-order valence-electron chi connectivity index (χ0n) is 11.5. The summed E-state index contributed by atoms with van der Waals surface area (Å²) < 4.78 is 1.82. The number of pyridine rings is 1. The highest BCUT2D eigenvalue weighted by Gasteiger charge is 2.05. The van der Waals surface area contributed by atoms with Gasteiger partial charge in [-0.1, -0.05) is 48.5 Å². The van der Waals surface area contributed by atoms with E-state index in [0.29, 0.717) is 6.54 Å². The molecule has 0 unspecified atom stereocenters. The molecule has 0 radical (unpaired) electrons. The molecule has 100 valence electrons. The fourth-order valence-corrected chi connectivity index (χ4v) is 2.59. The zero-order valence-corrected chi connectivity index (χ0v) is 11.5. The molecule has 0 bridgehead atoms. The molecule has 0 atom stereocenters. The van der Waals surface area contributed by atoms with Crippen LogP contribution in [0.2, 0.25) is 0 Å². The molecule has 1 aromatic heterocycles. The van der Waals surface area contributed by atoms with E-state index in [1.807, 2.05) is 53.2 Å². The second kappa shape index (κ2) is 5.33. The quantitative estimate of drug-likeness (QED) is 0.708. The van der Waals surface area contributed by atoms with E-state index in [9.17, 15) is 4.79 Å². The molecule has 0 aliphatic carbocycles. The Kier molecular flexibility index (Phi) is 3.38. The Bertz CT molecular complexity index is 787. The Morgan fingerprint density at radius 3 is 2.30 bits per heavy atom. The lowest BCUT2D eigenvalue weighted by Gasteiger charge is -2.10. The summed E-state index contributed by atoms with van der Waals surface area (Å²) in [5, 5.41) is 1.86. The lowest BCUT2D eigenvalue weighted by Crippen LogP contribution is -2.21. The van der Waals surface area contributed by atoms with Gasteiger partial charge >= 0.3 is 0 Å². The average Bonchev–Trinajstić information content (AvgIpc) is 2.50. The summed E-state index contributed by atoms with van der Waals surface area (Å²) >= 11 is 0. The van der Waals surface area contributed by atoms with Crippen LogP contribution in [-0.4, -0.2) is 4.57 Å². The number of nitrogens with zero attached hydrogens (tertiary/aromatic N) is 1. The van der Waals surface area contributed by atoms with Crippen molar-refractivity contribution in [3.05, 3.63) is 82.3 Å². The van der Waals surface area contributed by atoms with E-state index in [-0.39, 0.29) is 5.56 Å². The first-order valence-electron chi connectivity index (χ1n) is 6.88. The largest absolute Gasteiger partial charge is 0.314 e. The predicted octanol–water partition coefficient (Wildman–Crippen LogP) is 3.55. The molecule has 3 rings (SSSR count). The van der Waals surface area contributed by atoms with Crippen molar-refractivity contribution in [1.82, 2.24) is 4.57 Å². The minimum Gasteiger partial charge on any atom is -0.314 e. The molecule has 20 heavy (non-hydrogen) atoms. The molecule has 0 amide bonds. The van der Waals surface area contributed by atoms with Crippen LogP contribution in [0.15, 0.2) is 65.6 Å². The Morgan fingerprint density at radius 1 is 0.900 bits per heavy atom. The van der Waals surface area contributed by atoms with E-state index >= 15 is 0 Å². The first kappa shape index (κ1) is 12.7. The number of hydrogen-bond acceptors (Lipinski definition) is 1. The first-order chi connectivity index (χ1) is 9.75. The van der Waals surface area contributed by atoms with Crippen molar-refractivity contribution < 1.29 is 0 Å². The molecule has 2 heteroatoms. The summed E-state index contributed by atoms with van der Waals surface area (Å²) in [5.74, 6) is 0. The maximum absolute atomic E-state index is 12.5. The SMILES string of the molecule is Cc1cn(CCc2ccccc2)c(=O)c2ccccc12. The van der Waals surface area contributed by atoms with Crippen LogP contribution < -0.4 is 5.56 Å². The Hall–Kier alpha value is -2.35. The molecule has 0 saturated carbocycles. The maximum Gasteiger partial charge on any atom is 0.258 e. The van der Waals surface area contributed by atoms with Gasteiger partial charge in [-0.15, -0.1) is 0 Å². The fourth-order valence-electron chi connectivity index (χ4n) is 2.59. The standard InChI is InChI=1S/C18H17NO/c1-14-13-19(12-11-15-7-3-2-4-8-15)18(20)17-10-6-5-9-16(14)17/h2-10,13H,11-12H2,1H3. The second-order valence-corrected chi connectivity index (χ2v) is 5.09. The van der Waals surface area contributed by atoms with Crippen molar-refractivity contribution in [3.63, 3.8) is 0 Å². The van der Waals surface area contributed by atoms with E-state index in [0.717, 1.165) is 22.8 Å². The van der Waals surface area contributed by atoms with Crippen LogP contribution in [0.25, 0.3) is 10.8 Å². The van der Waals surface area contributed by atoms with Gasteiger partial charge in [-0.3, -0.25) is 4.79 Å². The third-order valence-corrected chi connectivity index (χ3v) is 3.68. The molecule has 3 aromatic rings. The molecule has 0 spiro atoms. The van der Waals surface area contributed by atoms with Crippen molar-refractivity contribution >= 4 is 10.8 Å². The van der Waals surface area contributed by atoms with Crippen LogP contribution in [0.1, 0.15) is 11.1 Å². The van der Waals surface area contributed by atoms with Crippen LogP contribution in [-0.2, 0) is 13.0 Å². The summed E-state index contributed by atoms with van der Waals surface area (Å²) in [6.45, 7) is 2.77. The smallest absolute Gasteiger partial charge is 0.258 e. The Balaban J connectivity index is 1.96. The van der Waals surface area contributed by atoms with Crippen LogP contribution in [0.4, 0.5) is 0 Å². The fraction of sp³-hybridized carbons (Fsp3) is 0.167. The van der Waals surface area contributed by atoms with Crippen molar-refractivity contribution in [2.45, 2.75) is 19.9 Å². The monoisotopic (exact) mass is 263 g/mol. The Labute approximate surface area is 118 Å². The number of hydrogen-bond donors (Lipinski definition) is 0. The van der Waals surface area contributed by atoms with Gasteiger partial charge < -0.3 is 4.57 Å². The van der Waals surface area contributed by atoms with Gasteiger partial charge in [-0.2, -0.15) is 0 Å². The van der Waals surface area contributed by atoms with E-state index in [1.54, 1.807) is 0 Å². The van der Waals surface area contributed by atoms with Gasteiger partial charge in [0, 0.05) is 18.1 Å². The molecule has 0 saturated heterocycles. The van der Waals surface area contributed by atoms with Gasteiger partial charge in [-0.25, -0.2) is 0 Å². The highest BCUT2D eigenvalue weighted by atomic mass is 16.1. The second-order valence-electron chi connectivity index (χ2n) is 5.09. The predicted molar refractivity (Wildman–Crippen MR) is 83.1 cm³/mol. The van der Waals surface area contributed by atoms with Crippen molar-refractivity contribution in [2.24, 2.45) is 0 Å². The molecule has 0 aliphatic heterocycles. The van der Waals surface area contributed by atoms with Gasteiger partial charge in [-0.05, 0) is 35.9 Å². The topological polar surface area (TPSA) is 22.0 Å². The number of fused-ring (bicyclic) bond motifs is 1. The van der Waals surface area contributed by atoms with Crippen LogP contribution >= 0.6 is 0 Å². The summed E-state index contributed by atoms with van der Waals surface area (Å²) in [6.07, 6.45) is 2.84. The van der Waals surface area contributed by atoms with Crippen molar-refractivity contribution in [1.29, 1.82) is 0 Å². The molecule has 2 aromatic carbocycles. The van der Waals surface area contributed by atoms with E-state index in [4.69, 9.17) is 0 Å².